The molecule has 6 nitrogen and oxygen atoms in total. The van der Waals surface area contributed by atoms with Gasteiger partial charge in [-0.25, -0.2) is 0 Å². The Morgan fingerprint density at radius 2 is 1.71 bits per heavy atom. The van der Waals surface area contributed by atoms with Crippen LogP contribution < -0.4 is 5.32 Å². The van der Waals surface area contributed by atoms with E-state index >= 15 is 0 Å². The maximum Gasteiger partial charge on any atom is 0.241 e. The van der Waals surface area contributed by atoms with Crippen LogP contribution in [0.1, 0.15) is 18.7 Å². The lowest BCUT2D eigenvalue weighted by atomic mass is 9.95. The zero-order valence-electron chi connectivity index (χ0n) is 19.0. The summed E-state index contributed by atoms with van der Waals surface area (Å²) in [7, 11) is 0. The molecule has 1 aliphatic heterocycles. The Balaban J connectivity index is 1.17. The van der Waals surface area contributed by atoms with Crippen LogP contribution in [0.5, 0.6) is 0 Å². The summed E-state index contributed by atoms with van der Waals surface area (Å²) in [5.41, 5.74) is 3.62. The van der Waals surface area contributed by atoms with Crippen molar-refractivity contribution in [3.63, 3.8) is 0 Å². The zero-order chi connectivity index (χ0) is 24.2. The molecule has 0 bridgehead atoms. The normalized spacial score (nSPS) is 14.7. The van der Waals surface area contributed by atoms with Crippen molar-refractivity contribution in [2.75, 3.05) is 18.4 Å². The molecule has 1 aliphatic rings. The maximum absolute atomic E-state index is 13.0. The summed E-state index contributed by atoms with van der Waals surface area (Å²) in [5.74, 6) is 0.977. The molecule has 1 aromatic heterocycles. The Morgan fingerprint density at radius 3 is 2.49 bits per heavy atom. The van der Waals surface area contributed by atoms with Gasteiger partial charge in [0.25, 0.3) is 0 Å². The molecule has 2 heterocycles. The molecule has 1 N–H and O–H groups in total. The first-order chi connectivity index (χ1) is 17.1. The van der Waals surface area contributed by atoms with Crippen molar-refractivity contribution < 1.29 is 9.32 Å². The van der Waals surface area contributed by atoms with E-state index in [-0.39, 0.29) is 11.8 Å². The number of aromatic nitrogens is 2. The second kappa shape index (κ2) is 10.6. The van der Waals surface area contributed by atoms with Gasteiger partial charge in [0.1, 0.15) is 0 Å². The molecule has 0 radical (unpaired) electrons. The topological polar surface area (TPSA) is 71.3 Å². The first-order valence-electron chi connectivity index (χ1n) is 11.5. The van der Waals surface area contributed by atoms with E-state index in [1.54, 1.807) is 18.2 Å². The molecule has 0 spiro atoms. The summed E-state index contributed by atoms with van der Waals surface area (Å²) in [6.45, 7) is 2.08. The van der Waals surface area contributed by atoms with Crippen LogP contribution in [0, 0.1) is 5.92 Å². The maximum atomic E-state index is 13.0. The van der Waals surface area contributed by atoms with Crippen molar-refractivity contribution in [2.24, 2.45) is 5.92 Å². The van der Waals surface area contributed by atoms with Gasteiger partial charge in [-0.15, -0.1) is 0 Å². The van der Waals surface area contributed by atoms with Crippen molar-refractivity contribution in [3.8, 4) is 22.5 Å². The van der Waals surface area contributed by atoms with E-state index in [4.69, 9.17) is 27.7 Å². The second-order valence-corrected chi connectivity index (χ2v) is 9.43. The number of amides is 1. The molecule has 178 valence electrons. The van der Waals surface area contributed by atoms with Gasteiger partial charge < -0.3 is 9.84 Å². The quantitative estimate of drug-likeness (QED) is 0.320. The third kappa shape index (κ3) is 5.56. The molecular weight excluding hydrogens is 483 g/mol. The fraction of sp³-hybridized carbons (Fsp3) is 0.222. The Kier molecular flexibility index (Phi) is 7.13. The van der Waals surface area contributed by atoms with Crippen molar-refractivity contribution in [1.82, 2.24) is 15.0 Å². The number of para-hydroxylation sites is 1. The number of piperidine rings is 1. The fourth-order valence-electron chi connectivity index (χ4n) is 4.34. The van der Waals surface area contributed by atoms with Gasteiger partial charge in [0, 0.05) is 27.8 Å². The molecule has 1 saturated heterocycles. The molecule has 3 aromatic carbocycles. The zero-order valence-corrected chi connectivity index (χ0v) is 20.5. The van der Waals surface area contributed by atoms with E-state index in [0.29, 0.717) is 33.9 Å². The van der Waals surface area contributed by atoms with Gasteiger partial charge in [0.2, 0.25) is 17.6 Å². The molecule has 1 amide bonds. The average molecular weight is 507 g/mol. The van der Waals surface area contributed by atoms with Crippen LogP contribution in [0.2, 0.25) is 10.0 Å². The second-order valence-electron chi connectivity index (χ2n) is 8.59. The number of nitrogens with zero attached hydrogens (tertiary/aromatic N) is 3. The first-order valence-corrected chi connectivity index (χ1v) is 12.3. The van der Waals surface area contributed by atoms with Gasteiger partial charge in [0.05, 0.1) is 11.6 Å². The highest BCUT2D eigenvalue weighted by Crippen LogP contribution is 2.30. The number of likely N-dealkylation sites (tertiary alicyclic amines) is 1. The Hall–Kier alpha value is -3.19. The lowest BCUT2D eigenvalue weighted by Gasteiger charge is -2.30. The number of anilines is 1. The third-order valence-electron chi connectivity index (χ3n) is 6.23. The highest BCUT2D eigenvalue weighted by Gasteiger charge is 2.26. The summed E-state index contributed by atoms with van der Waals surface area (Å²) in [5, 5.41) is 8.25. The predicted octanol–water partition coefficient (Wildman–Crippen LogP) is 6.56. The van der Waals surface area contributed by atoms with Crippen LogP contribution in [0.25, 0.3) is 22.5 Å². The van der Waals surface area contributed by atoms with Crippen molar-refractivity contribution in [3.05, 3.63) is 88.7 Å². The van der Waals surface area contributed by atoms with E-state index < -0.39 is 0 Å². The minimum Gasteiger partial charge on any atom is -0.338 e. The lowest BCUT2D eigenvalue weighted by molar-refractivity contribution is -0.121. The van der Waals surface area contributed by atoms with Gasteiger partial charge in [-0.1, -0.05) is 76.9 Å². The summed E-state index contributed by atoms with van der Waals surface area (Å²) in [4.78, 5) is 19.8. The van der Waals surface area contributed by atoms with Gasteiger partial charge in [-0.3, -0.25) is 9.69 Å². The standard InChI is InChI=1S/C27H24Cl2N4O2/c28-20-10-11-22(23(29)16-20)26-31-25(35-32-26)17-33-14-12-19(13-15-33)27(34)30-24-9-5-4-8-21(24)18-6-2-1-3-7-18/h1-11,16,19H,12-15,17H2,(H,30,34). The first kappa shape index (κ1) is 23.5. The van der Waals surface area contributed by atoms with Crippen molar-refractivity contribution in [2.45, 2.75) is 19.4 Å². The van der Waals surface area contributed by atoms with Gasteiger partial charge >= 0.3 is 0 Å². The van der Waals surface area contributed by atoms with Crippen LogP contribution in [0.4, 0.5) is 5.69 Å². The molecule has 1 fully saturated rings. The molecule has 0 atom stereocenters. The largest absolute Gasteiger partial charge is 0.338 e. The van der Waals surface area contributed by atoms with Crippen LogP contribution in [0.15, 0.2) is 77.3 Å². The van der Waals surface area contributed by atoms with Crippen LogP contribution >= 0.6 is 23.2 Å². The summed E-state index contributed by atoms with van der Waals surface area (Å²) in [6, 6.07) is 23.2. The Morgan fingerprint density at radius 1 is 0.971 bits per heavy atom. The highest BCUT2D eigenvalue weighted by molar-refractivity contribution is 6.36. The molecule has 8 heteroatoms. The smallest absolute Gasteiger partial charge is 0.241 e. The number of hydrogen-bond donors (Lipinski definition) is 1. The molecule has 5 rings (SSSR count). The number of rotatable bonds is 6. The number of halogens is 2. The van der Waals surface area contributed by atoms with Crippen molar-refractivity contribution >= 4 is 34.8 Å². The summed E-state index contributed by atoms with van der Waals surface area (Å²) in [6.07, 6.45) is 1.53. The molecule has 0 aliphatic carbocycles. The Bertz CT molecular complexity index is 1320. The third-order valence-corrected chi connectivity index (χ3v) is 6.77. The molecule has 0 unspecified atom stereocenters. The number of benzene rings is 3. The molecule has 4 aromatic rings. The highest BCUT2D eigenvalue weighted by atomic mass is 35.5. The van der Waals surface area contributed by atoms with E-state index in [1.165, 1.54) is 0 Å². The lowest BCUT2D eigenvalue weighted by Crippen LogP contribution is -2.37. The number of hydrogen-bond acceptors (Lipinski definition) is 5. The van der Waals surface area contributed by atoms with Crippen molar-refractivity contribution in [1.29, 1.82) is 0 Å². The average Bonchev–Trinajstić information content (AvgIpc) is 3.33. The van der Waals surface area contributed by atoms with Crippen LogP contribution in [0.3, 0.4) is 0 Å². The molecular formula is C27H24Cl2N4O2. The van der Waals surface area contributed by atoms with Crippen LogP contribution in [-0.2, 0) is 11.3 Å². The predicted molar refractivity (Wildman–Crippen MR) is 138 cm³/mol. The minimum absolute atomic E-state index is 0.0406. The van der Waals surface area contributed by atoms with Gasteiger partial charge in [-0.2, -0.15) is 4.98 Å². The van der Waals surface area contributed by atoms with E-state index in [1.807, 2.05) is 54.6 Å². The number of nitrogens with one attached hydrogen (secondary N) is 1. The number of carbonyl (C=O) groups excluding carboxylic acids is 1. The SMILES string of the molecule is O=C(Nc1ccccc1-c1ccccc1)C1CCN(Cc2nc(-c3ccc(Cl)cc3Cl)no2)CC1. The van der Waals surface area contributed by atoms with Gasteiger partial charge in [0.15, 0.2) is 0 Å². The van der Waals surface area contributed by atoms with E-state index in [2.05, 4.69) is 20.4 Å². The fourth-order valence-corrected chi connectivity index (χ4v) is 4.83. The Labute approximate surface area is 213 Å². The number of carbonyl (C=O) groups is 1. The monoisotopic (exact) mass is 506 g/mol. The summed E-state index contributed by atoms with van der Waals surface area (Å²) >= 11 is 12.2. The molecule has 0 saturated carbocycles. The minimum atomic E-state index is -0.0406. The van der Waals surface area contributed by atoms with E-state index in [9.17, 15) is 4.79 Å². The summed E-state index contributed by atoms with van der Waals surface area (Å²) < 4.78 is 5.44. The van der Waals surface area contributed by atoms with E-state index in [0.717, 1.165) is 42.7 Å². The van der Waals surface area contributed by atoms with Gasteiger partial charge in [-0.05, 0) is 55.8 Å². The molecule has 35 heavy (non-hydrogen) atoms. The van der Waals surface area contributed by atoms with Crippen LogP contribution in [-0.4, -0.2) is 34.0 Å².